The van der Waals surface area contributed by atoms with E-state index in [1.54, 1.807) is 0 Å². The van der Waals surface area contributed by atoms with Crippen LogP contribution < -0.4 is 9.80 Å². The molecule has 0 spiro atoms. The van der Waals surface area contributed by atoms with Crippen LogP contribution in [0.3, 0.4) is 0 Å². The van der Waals surface area contributed by atoms with Crippen LogP contribution in [0, 0.1) is 0 Å². The Morgan fingerprint density at radius 1 is 0.486 bits per heavy atom. The van der Waals surface area contributed by atoms with E-state index in [9.17, 15) is 45.1 Å². The van der Waals surface area contributed by atoms with Gasteiger partial charge >= 0.3 is 19.5 Å². The molecule has 2 aromatic rings. The van der Waals surface area contributed by atoms with Crippen molar-refractivity contribution in [3.05, 3.63) is 72.8 Å². The van der Waals surface area contributed by atoms with E-state index in [0.29, 0.717) is 0 Å². The summed E-state index contributed by atoms with van der Waals surface area (Å²) in [6.07, 6.45) is 4.45. The molecule has 12 nitrogen and oxygen atoms in total. The van der Waals surface area contributed by atoms with Gasteiger partial charge in [-0.2, -0.15) is 0 Å². The number of amides is 4. The molecule has 0 saturated carbocycles. The SMILES string of the molecule is O=C1C=CC(=O)N1c1ccc(S(=O)(=O)[O-])cc1.O=C1C=CC(=O)N1c1ccc(S(=O)(=O)[O-])cc1.[Zn+2]. The fraction of sp³-hybridized carbons (Fsp3) is 0. The number of hydrogen-bond acceptors (Lipinski definition) is 10. The van der Waals surface area contributed by atoms with Gasteiger partial charge in [0.1, 0.15) is 20.2 Å². The summed E-state index contributed by atoms with van der Waals surface area (Å²) >= 11 is 0. The van der Waals surface area contributed by atoms with Crippen molar-refractivity contribution in [2.45, 2.75) is 9.79 Å². The van der Waals surface area contributed by atoms with Crippen LogP contribution in [0.15, 0.2) is 82.6 Å². The summed E-state index contributed by atoms with van der Waals surface area (Å²) in [4.78, 5) is 46.2. The number of benzene rings is 2. The van der Waals surface area contributed by atoms with Crippen molar-refractivity contribution in [1.29, 1.82) is 0 Å². The minimum atomic E-state index is -4.52. The molecule has 0 fully saturated rings. The smallest absolute Gasteiger partial charge is 0.744 e. The summed E-state index contributed by atoms with van der Waals surface area (Å²) in [7, 11) is -9.05. The van der Waals surface area contributed by atoms with Gasteiger partial charge in [-0.1, -0.05) is 0 Å². The number of rotatable bonds is 4. The Kier molecular flexibility index (Phi) is 8.36. The largest absolute Gasteiger partial charge is 2.00 e. The van der Waals surface area contributed by atoms with Gasteiger partial charge in [-0.05, 0) is 48.5 Å². The number of imide groups is 2. The first kappa shape index (κ1) is 27.9. The Balaban J connectivity index is 0.000000240. The van der Waals surface area contributed by atoms with Gasteiger partial charge in [0.25, 0.3) is 23.6 Å². The number of hydrogen-bond donors (Lipinski definition) is 0. The van der Waals surface area contributed by atoms with Gasteiger partial charge in [-0.25, -0.2) is 26.6 Å². The Labute approximate surface area is 211 Å². The zero-order valence-electron chi connectivity index (χ0n) is 17.4. The predicted octanol–water partition coefficient (Wildman–Crippen LogP) is 0.0377. The fourth-order valence-electron chi connectivity index (χ4n) is 2.83. The number of carbonyl (C=O) groups excluding carboxylic acids is 4. The second-order valence-corrected chi connectivity index (χ2v) is 9.35. The van der Waals surface area contributed by atoms with Crippen LogP contribution in [-0.2, 0) is 58.9 Å². The van der Waals surface area contributed by atoms with Gasteiger partial charge in [-0.15, -0.1) is 0 Å². The topological polar surface area (TPSA) is 189 Å². The van der Waals surface area contributed by atoms with E-state index in [1.165, 1.54) is 24.3 Å². The first-order valence-corrected chi connectivity index (χ1v) is 11.8. The van der Waals surface area contributed by atoms with E-state index in [2.05, 4.69) is 0 Å². The molecular weight excluding hydrogens is 558 g/mol. The molecule has 0 atom stereocenters. The second-order valence-electron chi connectivity index (χ2n) is 6.59. The van der Waals surface area contributed by atoms with E-state index < -0.39 is 53.7 Å². The van der Waals surface area contributed by atoms with Gasteiger partial charge in [0.15, 0.2) is 0 Å². The molecule has 2 heterocycles. The van der Waals surface area contributed by atoms with E-state index in [0.717, 1.165) is 58.4 Å². The average Bonchev–Trinajstić information content (AvgIpc) is 3.27. The van der Waals surface area contributed by atoms with Crippen molar-refractivity contribution in [2.24, 2.45) is 0 Å². The molecule has 4 amide bonds. The molecule has 4 rings (SSSR count). The molecule has 0 unspecified atom stereocenters. The Bertz CT molecular complexity index is 1310. The van der Waals surface area contributed by atoms with Crippen LogP contribution in [0.4, 0.5) is 11.4 Å². The van der Waals surface area contributed by atoms with Gasteiger partial charge in [-0.3, -0.25) is 19.2 Å². The zero-order chi connectivity index (χ0) is 25.3. The molecule has 2 aromatic carbocycles. The summed E-state index contributed by atoms with van der Waals surface area (Å²) in [5, 5.41) is 0. The van der Waals surface area contributed by atoms with E-state index in [-0.39, 0.29) is 30.9 Å². The van der Waals surface area contributed by atoms with Crippen molar-refractivity contribution >= 4 is 55.2 Å². The molecule has 15 heteroatoms. The van der Waals surface area contributed by atoms with Crippen LogP contribution in [-0.4, -0.2) is 49.6 Å². The molecule has 0 aromatic heterocycles. The Hall–Kier alpha value is -3.36. The van der Waals surface area contributed by atoms with Crippen molar-refractivity contribution < 1.29 is 64.6 Å². The molecular formula is C20H12N2O10S2Zn. The van der Waals surface area contributed by atoms with Crippen LogP contribution in [0.1, 0.15) is 0 Å². The monoisotopic (exact) mass is 568 g/mol. The Morgan fingerprint density at radius 3 is 0.914 bits per heavy atom. The van der Waals surface area contributed by atoms with Gasteiger partial charge in [0.05, 0.1) is 21.2 Å². The summed E-state index contributed by atoms with van der Waals surface area (Å²) in [5.74, 6) is -2.03. The van der Waals surface area contributed by atoms with E-state index >= 15 is 0 Å². The average molecular weight is 570 g/mol. The van der Waals surface area contributed by atoms with Crippen molar-refractivity contribution in [3.8, 4) is 0 Å². The standard InChI is InChI=1S/2C10H7NO5S.Zn/c2*12-9-5-6-10(13)11(9)7-1-3-8(4-2-7)17(14,15)16;/h2*1-6H,(H,14,15,16);/q;;+2/p-2. The molecule has 2 aliphatic heterocycles. The van der Waals surface area contributed by atoms with Gasteiger partial charge in [0, 0.05) is 24.3 Å². The first-order valence-electron chi connectivity index (χ1n) is 9.03. The second kappa shape index (κ2) is 10.5. The van der Waals surface area contributed by atoms with Crippen LogP contribution in [0.2, 0.25) is 0 Å². The number of nitrogens with zero attached hydrogens (tertiary/aromatic N) is 2. The third kappa shape index (κ3) is 6.41. The quantitative estimate of drug-likeness (QED) is 0.276. The van der Waals surface area contributed by atoms with Gasteiger partial charge in [0.2, 0.25) is 0 Å². The van der Waals surface area contributed by atoms with Crippen LogP contribution >= 0.6 is 0 Å². The van der Waals surface area contributed by atoms with E-state index in [1.807, 2.05) is 0 Å². The first-order chi connectivity index (χ1) is 15.8. The third-order valence-corrected chi connectivity index (χ3v) is 6.08. The van der Waals surface area contributed by atoms with Crippen molar-refractivity contribution in [2.75, 3.05) is 9.80 Å². The molecule has 0 N–H and O–H groups in total. The summed E-state index contributed by atoms with van der Waals surface area (Å²) in [5.41, 5.74) is 0.440. The zero-order valence-corrected chi connectivity index (χ0v) is 22.0. The summed E-state index contributed by atoms with van der Waals surface area (Å²) < 4.78 is 64.1. The Morgan fingerprint density at radius 2 is 0.714 bits per heavy atom. The third-order valence-electron chi connectivity index (χ3n) is 4.39. The van der Waals surface area contributed by atoms with Crippen LogP contribution in [0.5, 0.6) is 0 Å². The molecule has 0 radical (unpaired) electrons. The molecule has 0 aliphatic carbocycles. The minimum Gasteiger partial charge on any atom is -0.744 e. The molecule has 0 saturated heterocycles. The summed E-state index contributed by atoms with van der Waals surface area (Å²) in [6.45, 7) is 0. The number of anilines is 2. The molecule has 176 valence electrons. The van der Waals surface area contributed by atoms with Crippen LogP contribution in [0.25, 0.3) is 0 Å². The number of carbonyl (C=O) groups is 4. The molecule has 35 heavy (non-hydrogen) atoms. The molecule has 0 bridgehead atoms. The van der Waals surface area contributed by atoms with Crippen molar-refractivity contribution in [1.82, 2.24) is 0 Å². The maximum atomic E-state index is 11.3. The minimum absolute atomic E-state index is 0. The summed E-state index contributed by atoms with van der Waals surface area (Å²) in [6, 6.07) is 9.13. The van der Waals surface area contributed by atoms with Gasteiger partial charge < -0.3 is 9.11 Å². The fourth-order valence-corrected chi connectivity index (χ4v) is 3.77. The molecule has 2 aliphatic rings. The van der Waals surface area contributed by atoms with E-state index in [4.69, 9.17) is 0 Å². The maximum Gasteiger partial charge on any atom is 2.00 e. The maximum absolute atomic E-state index is 11.3. The predicted molar refractivity (Wildman–Crippen MR) is 112 cm³/mol. The van der Waals surface area contributed by atoms with Crippen molar-refractivity contribution in [3.63, 3.8) is 0 Å². The normalized spacial score (nSPS) is 15.3.